The van der Waals surface area contributed by atoms with E-state index < -0.39 is 0 Å². The van der Waals surface area contributed by atoms with Gasteiger partial charge in [-0.2, -0.15) is 0 Å². The van der Waals surface area contributed by atoms with Crippen molar-refractivity contribution < 1.29 is 0 Å². The first kappa shape index (κ1) is 11.8. The molecule has 0 spiro atoms. The van der Waals surface area contributed by atoms with Gasteiger partial charge in [0.15, 0.2) is 0 Å². The van der Waals surface area contributed by atoms with Crippen molar-refractivity contribution in [3.63, 3.8) is 0 Å². The lowest BCUT2D eigenvalue weighted by molar-refractivity contribution is 1.31. The van der Waals surface area contributed by atoms with Gasteiger partial charge < -0.3 is 0 Å². The second kappa shape index (κ2) is 5.62. The molecule has 0 saturated carbocycles. The molecule has 0 heterocycles. The fourth-order valence-electron chi connectivity index (χ4n) is 1.33. The Morgan fingerprint density at radius 2 is 1.69 bits per heavy atom. The Labute approximate surface area is 110 Å². The molecule has 0 saturated heterocycles. The number of hydrogen-bond acceptors (Lipinski definition) is 1. The van der Waals surface area contributed by atoms with Crippen LogP contribution < -0.4 is 0 Å². The van der Waals surface area contributed by atoms with Gasteiger partial charge in [0.2, 0.25) is 0 Å². The smallest absolute Gasteiger partial charge is 0.0474 e. The van der Waals surface area contributed by atoms with Gasteiger partial charge in [-0.05, 0) is 42.0 Å². The zero-order valence-electron chi connectivity index (χ0n) is 8.49. The van der Waals surface area contributed by atoms with Crippen LogP contribution >= 0.6 is 35.0 Å². The Kier molecular flexibility index (Phi) is 4.16. The molecule has 0 bridgehead atoms. The van der Waals surface area contributed by atoms with Gasteiger partial charge in [0.1, 0.15) is 0 Å². The summed E-state index contributed by atoms with van der Waals surface area (Å²) in [7, 11) is 0. The van der Waals surface area contributed by atoms with Crippen LogP contribution in [0.2, 0.25) is 5.02 Å². The molecule has 82 valence electrons. The molecule has 2 aromatic rings. The topological polar surface area (TPSA) is 0 Å². The van der Waals surface area contributed by atoms with E-state index in [2.05, 4.69) is 12.1 Å². The highest BCUT2D eigenvalue weighted by molar-refractivity contribution is 7.99. The molecule has 0 radical (unpaired) electrons. The predicted molar refractivity (Wildman–Crippen MR) is 71.6 cm³/mol. The normalized spacial score (nSPS) is 10.4. The quantitative estimate of drug-likeness (QED) is 0.687. The van der Waals surface area contributed by atoms with Gasteiger partial charge in [-0.25, -0.2) is 0 Å². The van der Waals surface area contributed by atoms with Crippen molar-refractivity contribution in [2.45, 2.75) is 15.7 Å². The Morgan fingerprint density at radius 1 is 0.938 bits per heavy atom. The van der Waals surface area contributed by atoms with E-state index >= 15 is 0 Å². The van der Waals surface area contributed by atoms with E-state index in [-0.39, 0.29) is 0 Å². The number of alkyl halides is 1. The Bertz CT molecular complexity index is 466. The van der Waals surface area contributed by atoms with Gasteiger partial charge in [-0.1, -0.05) is 35.5 Å². The largest absolute Gasteiger partial charge is 0.122 e. The molecule has 2 aromatic carbocycles. The van der Waals surface area contributed by atoms with E-state index in [4.69, 9.17) is 23.2 Å². The van der Waals surface area contributed by atoms with Gasteiger partial charge in [0.05, 0.1) is 0 Å². The SMILES string of the molecule is ClCc1cccc(Sc2ccc(Cl)cc2)c1. The molecule has 0 nitrogen and oxygen atoms in total. The average molecular weight is 269 g/mol. The summed E-state index contributed by atoms with van der Waals surface area (Å²) in [4.78, 5) is 2.37. The van der Waals surface area contributed by atoms with Crippen molar-refractivity contribution in [1.29, 1.82) is 0 Å². The molecule has 0 amide bonds. The third-order valence-corrected chi connectivity index (χ3v) is 3.66. The summed E-state index contributed by atoms with van der Waals surface area (Å²) in [5, 5.41) is 0.763. The summed E-state index contributed by atoms with van der Waals surface area (Å²) in [6.07, 6.45) is 0. The van der Waals surface area contributed by atoms with Crippen molar-refractivity contribution in [2.75, 3.05) is 0 Å². The maximum absolute atomic E-state index is 5.84. The lowest BCUT2D eigenvalue weighted by atomic mass is 10.2. The number of halogens is 2. The summed E-state index contributed by atoms with van der Waals surface area (Å²) in [6, 6.07) is 16.1. The molecular formula is C13H10Cl2S. The fourth-order valence-corrected chi connectivity index (χ4v) is 2.52. The monoisotopic (exact) mass is 268 g/mol. The van der Waals surface area contributed by atoms with Crippen LogP contribution in [0.4, 0.5) is 0 Å². The molecule has 0 aromatic heterocycles. The van der Waals surface area contributed by atoms with E-state index in [1.165, 1.54) is 9.79 Å². The molecular weight excluding hydrogens is 259 g/mol. The molecule has 16 heavy (non-hydrogen) atoms. The highest BCUT2D eigenvalue weighted by atomic mass is 35.5. The molecule has 0 unspecified atom stereocenters. The van der Waals surface area contributed by atoms with Crippen LogP contribution in [-0.4, -0.2) is 0 Å². The minimum absolute atomic E-state index is 0.551. The van der Waals surface area contributed by atoms with Gasteiger partial charge in [-0.15, -0.1) is 11.6 Å². The van der Waals surface area contributed by atoms with Crippen LogP contribution in [0.25, 0.3) is 0 Å². The zero-order chi connectivity index (χ0) is 11.4. The molecule has 0 aliphatic carbocycles. The molecule has 2 rings (SSSR count). The van der Waals surface area contributed by atoms with E-state index in [1.807, 2.05) is 36.4 Å². The third kappa shape index (κ3) is 3.18. The first-order chi connectivity index (χ1) is 7.78. The van der Waals surface area contributed by atoms with Crippen LogP contribution in [0.15, 0.2) is 58.3 Å². The lowest BCUT2D eigenvalue weighted by Crippen LogP contribution is -1.78. The zero-order valence-corrected chi connectivity index (χ0v) is 10.8. The van der Waals surface area contributed by atoms with E-state index in [9.17, 15) is 0 Å². The second-order valence-corrected chi connectivity index (χ2v) is 5.19. The minimum atomic E-state index is 0.551. The maximum atomic E-state index is 5.84. The number of benzene rings is 2. The third-order valence-electron chi connectivity index (χ3n) is 2.10. The first-order valence-corrected chi connectivity index (χ1v) is 6.59. The van der Waals surface area contributed by atoms with Crippen molar-refractivity contribution in [3.05, 3.63) is 59.1 Å². The number of rotatable bonds is 3. The van der Waals surface area contributed by atoms with Crippen molar-refractivity contribution in [3.8, 4) is 0 Å². The summed E-state index contributed by atoms with van der Waals surface area (Å²) >= 11 is 13.3. The van der Waals surface area contributed by atoms with Crippen LogP contribution in [-0.2, 0) is 5.88 Å². The van der Waals surface area contributed by atoms with Gasteiger partial charge in [-0.3, -0.25) is 0 Å². The van der Waals surface area contributed by atoms with Gasteiger partial charge in [0.25, 0.3) is 0 Å². The molecule has 0 atom stereocenters. The van der Waals surface area contributed by atoms with Crippen molar-refractivity contribution in [2.24, 2.45) is 0 Å². The van der Waals surface area contributed by atoms with Gasteiger partial charge >= 0.3 is 0 Å². The average Bonchev–Trinajstić information content (AvgIpc) is 2.32. The number of hydrogen-bond donors (Lipinski definition) is 0. The van der Waals surface area contributed by atoms with E-state index in [1.54, 1.807) is 11.8 Å². The molecule has 0 N–H and O–H groups in total. The molecule has 3 heteroatoms. The molecule has 0 aliphatic rings. The maximum Gasteiger partial charge on any atom is 0.0474 e. The van der Waals surface area contributed by atoms with E-state index in [0.29, 0.717) is 5.88 Å². The lowest BCUT2D eigenvalue weighted by Gasteiger charge is -2.03. The summed E-state index contributed by atoms with van der Waals surface area (Å²) in [5.74, 6) is 0.551. The highest BCUT2D eigenvalue weighted by Crippen LogP contribution is 2.29. The van der Waals surface area contributed by atoms with Crippen LogP contribution in [0, 0.1) is 0 Å². The van der Waals surface area contributed by atoms with Crippen LogP contribution in [0.3, 0.4) is 0 Å². The Hall–Kier alpha value is -0.630. The summed E-state index contributed by atoms with van der Waals surface area (Å²) < 4.78 is 0. The van der Waals surface area contributed by atoms with Crippen LogP contribution in [0.5, 0.6) is 0 Å². The molecule has 0 aliphatic heterocycles. The summed E-state index contributed by atoms with van der Waals surface area (Å²) in [6.45, 7) is 0. The highest BCUT2D eigenvalue weighted by Gasteiger charge is 1.98. The Morgan fingerprint density at radius 3 is 2.38 bits per heavy atom. The second-order valence-electron chi connectivity index (χ2n) is 3.34. The minimum Gasteiger partial charge on any atom is -0.122 e. The summed E-state index contributed by atoms with van der Waals surface area (Å²) in [5.41, 5.74) is 1.14. The molecule has 0 fully saturated rings. The van der Waals surface area contributed by atoms with Crippen molar-refractivity contribution >= 4 is 35.0 Å². The van der Waals surface area contributed by atoms with Crippen LogP contribution in [0.1, 0.15) is 5.56 Å². The predicted octanol–water partition coefficient (Wildman–Crippen LogP) is 5.23. The van der Waals surface area contributed by atoms with Crippen molar-refractivity contribution in [1.82, 2.24) is 0 Å². The fraction of sp³-hybridized carbons (Fsp3) is 0.0769. The van der Waals surface area contributed by atoms with Gasteiger partial charge in [0, 0.05) is 20.7 Å². The van der Waals surface area contributed by atoms with E-state index in [0.717, 1.165) is 10.6 Å². The standard InChI is InChI=1S/C13H10Cl2S/c14-9-10-2-1-3-13(8-10)16-12-6-4-11(15)5-7-12/h1-8H,9H2. The first-order valence-electron chi connectivity index (χ1n) is 4.86. The Balaban J connectivity index is 2.16.